The zero-order valence-electron chi connectivity index (χ0n) is 15.5. The highest BCUT2D eigenvalue weighted by molar-refractivity contribution is 5.68. The van der Waals surface area contributed by atoms with Gasteiger partial charge in [-0.05, 0) is 65.6 Å². The molecule has 0 aromatic heterocycles. The molecule has 1 aromatic carbocycles. The highest BCUT2D eigenvalue weighted by Gasteiger charge is 2.20. The molecule has 0 radical (unpaired) electrons. The zero-order valence-corrected chi connectivity index (χ0v) is 15.5. The molecule has 1 rings (SSSR count). The van der Waals surface area contributed by atoms with Gasteiger partial charge in [-0.25, -0.2) is 4.79 Å². The minimum Gasteiger partial charge on any atom is -0.444 e. The van der Waals surface area contributed by atoms with Crippen molar-refractivity contribution >= 4 is 6.09 Å². The van der Waals surface area contributed by atoms with Crippen LogP contribution < -0.4 is 5.32 Å². The van der Waals surface area contributed by atoms with E-state index in [2.05, 4.69) is 37.4 Å². The fourth-order valence-corrected chi connectivity index (χ4v) is 2.37. The summed E-state index contributed by atoms with van der Waals surface area (Å²) in [6.45, 7) is 15.0. The van der Waals surface area contributed by atoms with Crippen molar-refractivity contribution in [2.24, 2.45) is 0 Å². The third kappa shape index (κ3) is 7.51. The van der Waals surface area contributed by atoms with E-state index in [4.69, 9.17) is 4.74 Å². The van der Waals surface area contributed by atoms with Gasteiger partial charge in [0.1, 0.15) is 5.60 Å². The lowest BCUT2D eigenvalue weighted by atomic mass is 10.1. The van der Waals surface area contributed by atoms with Crippen LogP contribution in [0.15, 0.2) is 18.2 Å². The number of aryl methyl sites for hydroxylation is 2. The number of carbonyl (C=O) groups is 1. The van der Waals surface area contributed by atoms with Crippen molar-refractivity contribution in [2.45, 2.75) is 60.1 Å². The predicted molar refractivity (Wildman–Crippen MR) is 95.7 cm³/mol. The minimum atomic E-state index is -0.439. The second kappa shape index (κ2) is 8.92. The fraction of sp³-hybridized carbons (Fsp3) is 0.632. The van der Waals surface area contributed by atoms with E-state index in [-0.39, 0.29) is 6.09 Å². The molecular weight excluding hydrogens is 288 g/mol. The third-order valence-corrected chi connectivity index (χ3v) is 3.63. The van der Waals surface area contributed by atoms with Gasteiger partial charge in [-0.15, -0.1) is 0 Å². The van der Waals surface area contributed by atoms with Crippen LogP contribution in [0.3, 0.4) is 0 Å². The lowest BCUT2D eigenvalue weighted by Crippen LogP contribution is -2.38. The number of ether oxygens (including phenoxy) is 1. The average molecular weight is 320 g/mol. The Morgan fingerprint density at radius 1 is 1.26 bits per heavy atom. The summed E-state index contributed by atoms with van der Waals surface area (Å²) < 4.78 is 5.41. The molecule has 0 unspecified atom stereocenters. The molecule has 1 aromatic rings. The molecule has 0 aliphatic carbocycles. The highest BCUT2D eigenvalue weighted by Crippen LogP contribution is 2.11. The molecule has 4 heteroatoms. The quantitative estimate of drug-likeness (QED) is 0.771. The maximum absolute atomic E-state index is 12.0. The van der Waals surface area contributed by atoms with E-state index >= 15 is 0 Å². The first-order valence-corrected chi connectivity index (χ1v) is 8.47. The molecule has 1 N–H and O–H groups in total. The van der Waals surface area contributed by atoms with Crippen molar-refractivity contribution in [2.75, 3.05) is 19.6 Å². The van der Waals surface area contributed by atoms with E-state index in [9.17, 15) is 4.79 Å². The molecule has 0 bridgehead atoms. The molecule has 0 heterocycles. The molecule has 130 valence electrons. The van der Waals surface area contributed by atoms with Crippen molar-refractivity contribution in [3.05, 3.63) is 34.9 Å². The number of amides is 1. The molecule has 4 nitrogen and oxygen atoms in total. The number of nitrogens with zero attached hydrogens (tertiary/aromatic N) is 1. The number of hydrogen-bond donors (Lipinski definition) is 1. The number of hydrogen-bond acceptors (Lipinski definition) is 3. The van der Waals surface area contributed by atoms with E-state index in [0.29, 0.717) is 13.1 Å². The summed E-state index contributed by atoms with van der Waals surface area (Å²) in [4.78, 5) is 13.8. The van der Waals surface area contributed by atoms with Gasteiger partial charge in [-0.1, -0.05) is 23.8 Å². The topological polar surface area (TPSA) is 41.6 Å². The van der Waals surface area contributed by atoms with Gasteiger partial charge in [0.05, 0.1) is 0 Å². The standard InChI is InChI=1S/C19H32N2O2/c1-7-21(18(22)23-19(4,5)6)12-8-11-20-14-17-10-9-15(2)13-16(17)3/h9-10,13,20H,7-8,11-12,14H2,1-6H3. The van der Waals surface area contributed by atoms with Crippen LogP contribution in [0.2, 0.25) is 0 Å². The van der Waals surface area contributed by atoms with Gasteiger partial charge in [0.2, 0.25) is 0 Å². The van der Waals surface area contributed by atoms with Crippen molar-refractivity contribution in [1.29, 1.82) is 0 Å². The van der Waals surface area contributed by atoms with E-state index < -0.39 is 5.60 Å². The molecule has 0 aliphatic heterocycles. The Kier molecular flexibility index (Phi) is 7.56. The smallest absolute Gasteiger partial charge is 0.410 e. The maximum Gasteiger partial charge on any atom is 0.410 e. The van der Waals surface area contributed by atoms with Crippen LogP contribution in [-0.4, -0.2) is 36.2 Å². The lowest BCUT2D eigenvalue weighted by molar-refractivity contribution is 0.0258. The number of carbonyl (C=O) groups excluding carboxylic acids is 1. The first-order chi connectivity index (χ1) is 10.7. The van der Waals surface area contributed by atoms with Crippen LogP contribution >= 0.6 is 0 Å². The Bertz CT molecular complexity index is 507. The van der Waals surface area contributed by atoms with Gasteiger partial charge < -0.3 is 15.0 Å². The highest BCUT2D eigenvalue weighted by atomic mass is 16.6. The van der Waals surface area contributed by atoms with Gasteiger partial charge in [0.15, 0.2) is 0 Å². The first-order valence-electron chi connectivity index (χ1n) is 8.47. The summed E-state index contributed by atoms with van der Waals surface area (Å²) in [5.74, 6) is 0. The van der Waals surface area contributed by atoms with Crippen LogP contribution in [0.1, 0.15) is 50.8 Å². The molecule has 0 atom stereocenters. The van der Waals surface area contributed by atoms with Gasteiger partial charge >= 0.3 is 6.09 Å². The summed E-state index contributed by atoms with van der Waals surface area (Å²) in [6, 6.07) is 6.53. The van der Waals surface area contributed by atoms with Gasteiger partial charge in [-0.3, -0.25) is 0 Å². The van der Waals surface area contributed by atoms with Crippen LogP contribution in [0, 0.1) is 13.8 Å². The molecule has 1 amide bonds. The molecule has 0 aliphatic rings. The summed E-state index contributed by atoms with van der Waals surface area (Å²) in [7, 11) is 0. The number of nitrogens with one attached hydrogen (secondary N) is 1. The third-order valence-electron chi connectivity index (χ3n) is 3.63. The summed E-state index contributed by atoms with van der Waals surface area (Å²) >= 11 is 0. The van der Waals surface area contributed by atoms with Crippen molar-refractivity contribution < 1.29 is 9.53 Å². The number of benzene rings is 1. The van der Waals surface area contributed by atoms with Gasteiger partial charge in [0.25, 0.3) is 0 Å². The van der Waals surface area contributed by atoms with Gasteiger partial charge in [0, 0.05) is 19.6 Å². The second-order valence-electron chi connectivity index (χ2n) is 7.02. The molecule has 0 saturated carbocycles. The molecule has 0 spiro atoms. The van der Waals surface area contributed by atoms with Crippen molar-refractivity contribution in [3.63, 3.8) is 0 Å². The Morgan fingerprint density at radius 3 is 2.52 bits per heavy atom. The first kappa shape index (κ1) is 19.5. The molecule has 0 fully saturated rings. The van der Waals surface area contributed by atoms with E-state index in [1.807, 2.05) is 27.7 Å². The summed E-state index contributed by atoms with van der Waals surface area (Å²) in [5, 5.41) is 3.45. The van der Waals surface area contributed by atoms with Crippen molar-refractivity contribution in [1.82, 2.24) is 10.2 Å². The minimum absolute atomic E-state index is 0.227. The van der Waals surface area contributed by atoms with Crippen LogP contribution in [0.4, 0.5) is 4.79 Å². The second-order valence-corrected chi connectivity index (χ2v) is 7.02. The maximum atomic E-state index is 12.0. The van der Waals surface area contributed by atoms with Crippen molar-refractivity contribution in [3.8, 4) is 0 Å². The van der Waals surface area contributed by atoms with Crippen LogP contribution in [-0.2, 0) is 11.3 Å². The monoisotopic (exact) mass is 320 g/mol. The zero-order chi connectivity index (χ0) is 17.5. The molecular formula is C19H32N2O2. The summed E-state index contributed by atoms with van der Waals surface area (Å²) in [6.07, 6.45) is 0.687. The predicted octanol–water partition coefficient (Wildman–Crippen LogP) is 4.04. The average Bonchev–Trinajstić information content (AvgIpc) is 2.42. The Morgan fingerprint density at radius 2 is 1.96 bits per heavy atom. The molecule has 0 saturated heterocycles. The van der Waals surface area contributed by atoms with E-state index in [1.54, 1.807) is 4.90 Å². The summed E-state index contributed by atoms with van der Waals surface area (Å²) in [5.41, 5.74) is 3.50. The Hall–Kier alpha value is -1.55. The lowest BCUT2D eigenvalue weighted by Gasteiger charge is -2.26. The van der Waals surface area contributed by atoms with E-state index in [1.165, 1.54) is 16.7 Å². The Labute approximate surface area is 141 Å². The fourth-order valence-electron chi connectivity index (χ4n) is 2.37. The largest absolute Gasteiger partial charge is 0.444 e. The van der Waals surface area contributed by atoms with E-state index in [0.717, 1.165) is 19.5 Å². The molecule has 23 heavy (non-hydrogen) atoms. The van der Waals surface area contributed by atoms with Crippen LogP contribution in [0.5, 0.6) is 0 Å². The van der Waals surface area contributed by atoms with Gasteiger partial charge in [-0.2, -0.15) is 0 Å². The Balaban J connectivity index is 2.31. The van der Waals surface area contributed by atoms with Crippen LogP contribution in [0.25, 0.3) is 0 Å². The number of rotatable bonds is 7. The normalized spacial score (nSPS) is 11.4. The SMILES string of the molecule is CCN(CCCNCc1ccc(C)cc1C)C(=O)OC(C)(C)C.